The normalized spacial score (nSPS) is 22.2. The molecule has 114 valence electrons. The molecule has 0 amide bonds. The molecule has 2 atom stereocenters. The molecule has 2 aromatic carbocycles. The standard InChI is InChI=1S/C19H14Cl2N2/c20-14-9-10-15(16(21)12-14)19-18(13-6-2-1-3-7-13)22-17-8-4-5-11-23(17)19/h1-12,18-19H. The highest BCUT2D eigenvalue weighted by molar-refractivity contribution is 6.35. The second kappa shape index (κ2) is 5.88. The quantitative estimate of drug-likeness (QED) is 0.697. The van der Waals surface area contributed by atoms with Gasteiger partial charge in [-0.05, 0) is 35.4 Å². The van der Waals surface area contributed by atoms with Crippen molar-refractivity contribution in [3.05, 3.63) is 94.1 Å². The van der Waals surface area contributed by atoms with Crippen molar-refractivity contribution in [2.75, 3.05) is 0 Å². The molecule has 0 radical (unpaired) electrons. The first kappa shape index (κ1) is 14.6. The summed E-state index contributed by atoms with van der Waals surface area (Å²) >= 11 is 12.6. The molecule has 2 unspecified atom stereocenters. The van der Waals surface area contributed by atoms with Gasteiger partial charge in [-0.15, -0.1) is 0 Å². The van der Waals surface area contributed by atoms with Gasteiger partial charge in [0.05, 0.1) is 6.04 Å². The van der Waals surface area contributed by atoms with Gasteiger partial charge >= 0.3 is 0 Å². The van der Waals surface area contributed by atoms with Crippen molar-refractivity contribution in [1.82, 2.24) is 4.90 Å². The fraction of sp³-hybridized carbons (Fsp3) is 0.105. The largest absolute Gasteiger partial charge is 0.323 e. The summed E-state index contributed by atoms with van der Waals surface area (Å²) in [7, 11) is 0. The first-order valence-corrected chi connectivity index (χ1v) is 8.20. The lowest BCUT2D eigenvalue weighted by molar-refractivity contribution is 0.396. The molecule has 4 heteroatoms. The van der Waals surface area contributed by atoms with Crippen molar-refractivity contribution in [3.63, 3.8) is 0 Å². The third-order valence-electron chi connectivity index (χ3n) is 4.16. The van der Waals surface area contributed by atoms with E-state index >= 15 is 0 Å². The first-order valence-electron chi connectivity index (χ1n) is 7.45. The fourth-order valence-electron chi connectivity index (χ4n) is 3.12. The minimum atomic E-state index is -0.00252. The Morgan fingerprint density at radius 2 is 1.78 bits per heavy atom. The van der Waals surface area contributed by atoms with E-state index in [1.54, 1.807) is 6.07 Å². The number of nitrogens with zero attached hydrogens (tertiary/aromatic N) is 2. The number of halogens is 2. The molecule has 4 rings (SSSR count). The highest BCUT2D eigenvalue weighted by Crippen LogP contribution is 2.45. The Kier molecular flexibility index (Phi) is 3.72. The lowest BCUT2D eigenvalue weighted by Crippen LogP contribution is -2.26. The Morgan fingerprint density at radius 3 is 2.57 bits per heavy atom. The molecular weight excluding hydrogens is 327 g/mol. The molecule has 0 aromatic heterocycles. The molecule has 0 saturated heterocycles. The molecule has 0 N–H and O–H groups in total. The van der Waals surface area contributed by atoms with Crippen LogP contribution in [0.4, 0.5) is 0 Å². The van der Waals surface area contributed by atoms with Crippen LogP contribution in [0.3, 0.4) is 0 Å². The molecule has 0 fully saturated rings. The van der Waals surface area contributed by atoms with Crippen molar-refractivity contribution >= 4 is 29.0 Å². The van der Waals surface area contributed by atoms with Gasteiger partial charge in [0.2, 0.25) is 0 Å². The van der Waals surface area contributed by atoms with Crippen LogP contribution in [-0.2, 0) is 0 Å². The average Bonchev–Trinajstić information content (AvgIpc) is 2.95. The summed E-state index contributed by atoms with van der Waals surface area (Å²) in [5.41, 5.74) is 2.20. The van der Waals surface area contributed by atoms with Gasteiger partial charge in [0.25, 0.3) is 0 Å². The van der Waals surface area contributed by atoms with Gasteiger partial charge in [-0.2, -0.15) is 0 Å². The number of aliphatic imine (C=N–C) groups is 1. The smallest absolute Gasteiger partial charge is 0.128 e. The number of benzene rings is 2. The number of fused-ring (bicyclic) bond motifs is 1. The minimum Gasteiger partial charge on any atom is -0.323 e. The maximum Gasteiger partial charge on any atom is 0.128 e. The van der Waals surface area contributed by atoms with E-state index in [-0.39, 0.29) is 12.1 Å². The van der Waals surface area contributed by atoms with Gasteiger partial charge in [-0.1, -0.05) is 65.7 Å². The summed E-state index contributed by atoms with van der Waals surface area (Å²) < 4.78 is 0. The highest BCUT2D eigenvalue weighted by Gasteiger charge is 2.37. The lowest BCUT2D eigenvalue weighted by Gasteiger charge is -2.29. The van der Waals surface area contributed by atoms with Crippen molar-refractivity contribution in [1.29, 1.82) is 0 Å². The van der Waals surface area contributed by atoms with Crippen LogP contribution in [0.2, 0.25) is 10.0 Å². The van der Waals surface area contributed by atoms with Crippen LogP contribution in [0.5, 0.6) is 0 Å². The topological polar surface area (TPSA) is 15.6 Å². The van der Waals surface area contributed by atoms with E-state index in [9.17, 15) is 0 Å². The zero-order valence-corrected chi connectivity index (χ0v) is 13.7. The van der Waals surface area contributed by atoms with Gasteiger partial charge in [-0.25, -0.2) is 0 Å². The van der Waals surface area contributed by atoms with Crippen LogP contribution >= 0.6 is 23.2 Å². The first-order chi connectivity index (χ1) is 11.2. The zero-order chi connectivity index (χ0) is 15.8. The summed E-state index contributed by atoms with van der Waals surface area (Å²) in [6, 6.07) is 16.0. The Hall–Kier alpha value is -2.03. The minimum absolute atomic E-state index is 0.00252. The Labute approximate surface area is 145 Å². The van der Waals surface area contributed by atoms with Gasteiger partial charge in [0.1, 0.15) is 11.9 Å². The van der Waals surface area contributed by atoms with Crippen LogP contribution in [0.25, 0.3) is 0 Å². The summed E-state index contributed by atoms with van der Waals surface area (Å²) in [5.74, 6) is 0.956. The van der Waals surface area contributed by atoms with E-state index in [1.807, 2.05) is 48.6 Å². The Morgan fingerprint density at radius 1 is 0.957 bits per heavy atom. The second-order valence-electron chi connectivity index (χ2n) is 5.56. The number of allylic oxidation sites excluding steroid dienone is 2. The molecule has 0 aliphatic carbocycles. The molecule has 0 spiro atoms. The van der Waals surface area contributed by atoms with Gasteiger partial charge < -0.3 is 4.90 Å². The number of amidine groups is 1. The predicted molar refractivity (Wildman–Crippen MR) is 95.9 cm³/mol. The van der Waals surface area contributed by atoms with E-state index < -0.39 is 0 Å². The maximum absolute atomic E-state index is 6.49. The monoisotopic (exact) mass is 340 g/mol. The predicted octanol–water partition coefficient (Wildman–Crippen LogP) is 5.57. The van der Waals surface area contributed by atoms with E-state index in [4.69, 9.17) is 28.2 Å². The van der Waals surface area contributed by atoms with Crippen molar-refractivity contribution < 1.29 is 0 Å². The summed E-state index contributed by atoms with van der Waals surface area (Å²) in [5, 5.41) is 1.31. The van der Waals surface area contributed by atoms with Crippen molar-refractivity contribution in [2.24, 2.45) is 4.99 Å². The molecule has 2 heterocycles. The SMILES string of the molecule is Clc1ccc(C2C(c3ccccc3)N=C3C=CC=CN32)c(Cl)c1. The van der Waals surface area contributed by atoms with Crippen LogP contribution in [0.1, 0.15) is 23.2 Å². The van der Waals surface area contributed by atoms with E-state index in [2.05, 4.69) is 23.2 Å². The van der Waals surface area contributed by atoms with Crippen LogP contribution < -0.4 is 0 Å². The van der Waals surface area contributed by atoms with Crippen LogP contribution in [0, 0.1) is 0 Å². The summed E-state index contributed by atoms with van der Waals surface area (Å²) in [4.78, 5) is 7.09. The third-order valence-corrected chi connectivity index (χ3v) is 4.72. The molecule has 2 nitrogen and oxygen atoms in total. The second-order valence-corrected chi connectivity index (χ2v) is 6.41. The zero-order valence-electron chi connectivity index (χ0n) is 12.2. The fourth-order valence-corrected chi connectivity index (χ4v) is 3.65. The molecule has 0 bridgehead atoms. The van der Waals surface area contributed by atoms with Crippen LogP contribution in [-0.4, -0.2) is 10.7 Å². The van der Waals surface area contributed by atoms with Crippen molar-refractivity contribution in [3.8, 4) is 0 Å². The summed E-state index contributed by atoms with van der Waals surface area (Å²) in [6.07, 6.45) is 8.10. The molecule has 23 heavy (non-hydrogen) atoms. The lowest BCUT2D eigenvalue weighted by atomic mass is 9.93. The van der Waals surface area contributed by atoms with Gasteiger partial charge in [0.15, 0.2) is 0 Å². The van der Waals surface area contributed by atoms with Crippen LogP contribution in [0.15, 0.2) is 78.0 Å². The molecule has 0 saturated carbocycles. The maximum atomic E-state index is 6.49. The van der Waals surface area contributed by atoms with E-state index in [0.29, 0.717) is 10.0 Å². The van der Waals surface area contributed by atoms with Crippen molar-refractivity contribution in [2.45, 2.75) is 12.1 Å². The Bertz CT molecular complexity index is 825. The van der Waals surface area contributed by atoms with E-state index in [0.717, 1.165) is 11.4 Å². The van der Waals surface area contributed by atoms with Gasteiger partial charge in [0, 0.05) is 16.2 Å². The summed E-state index contributed by atoms with van der Waals surface area (Å²) in [6.45, 7) is 0. The van der Waals surface area contributed by atoms with Gasteiger partial charge in [-0.3, -0.25) is 4.99 Å². The number of rotatable bonds is 2. The average molecular weight is 341 g/mol. The Balaban J connectivity index is 1.84. The number of hydrogen-bond acceptors (Lipinski definition) is 2. The third kappa shape index (κ3) is 2.58. The van der Waals surface area contributed by atoms with E-state index in [1.165, 1.54) is 5.56 Å². The molecular formula is C19H14Cl2N2. The number of hydrogen-bond donors (Lipinski definition) is 0. The molecule has 2 aliphatic heterocycles. The molecule has 2 aromatic rings. The molecule has 2 aliphatic rings. The highest BCUT2D eigenvalue weighted by atomic mass is 35.5.